The number of pyridine rings is 1. The van der Waals surface area contributed by atoms with Crippen LogP contribution in [0.1, 0.15) is 27.0 Å². The fourth-order valence-corrected chi connectivity index (χ4v) is 2.03. The molecule has 17 heavy (non-hydrogen) atoms. The highest BCUT2D eigenvalue weighted by Gasteiger charge is 2.12. The lowest BCUT2D eigenvalue weighted by atomic mass is 10.00. The molecule has 2 nitrogen and oxygen atoms in total. The third-order valence-electron chi connectivity index (χ3n) is 2.58. The van der Waals surface area contributed by atoms with E-state index in [1.54, 1.807) is 12.4 Å². The Morgan fingerprint density at radius 3 is 2.65 bits per heavy atom. The van der Waals surface area contributed by atoms with Crippen molar-refractivity contribution >= 4 is 21.7 Å². The Kier molecular flexibility index (Phi) is 3.38. The second kappa shape index (κ2) is 4.80. The van der Waals surface area contributed by atoms with Crippen molar-refractivity contribution in [2.24, 2.45) is 0 Å². The Labute approximate surface area is 109 Å². The molecule has 0 aliphatic carbocycles. The van der Waals surface area contributed by atoms with Gasteiger partial charge in [0.15, 0.2) is 5.78 Å². The SMILES string of the molecule is Cc1cncc(C(=O)c2cc(Br)ccc2C)c1. The number of nitrogens with zero attached hydrogens (tertiary/aromatic N) is 1. The molecule has 0 aliphatic rings. The number of hydrogen-bond donors (Lipinski definition) is 0. The van der Waals surface area contributed by atoms with Crippen LogP contribution >= 0.6 is 15.9 Å². The van der Waals surface area contributed by atoms with Gasteiger partial charge in [0.25, 0.3) is 0 Å². The zero-order valence-electron chi connectivity index (χ0n) is 9.70. The quantitative estimate of drug-likeness (QED) is 0.789. The Morgan fingerprint density at radius 1 is 1.18 bits per heavy atom. The molecule has 0 spiro atoms. The van der Waals surface area contributed by atoms with Crippen molar-refractivity contribution in [2.75, 3.05) is 0 Å². The molecule has 2 aromatic rings. The molecule has 1 aromatic heterocycles. The first-order valence-electron chi connectivity index (χ1n) is 5.30. The van der Waals surface area contributed by atoms with Crippen molar-refractivity contribution in [3.05, 3.63) is 63.4 Å². The summed E-state index contributed by atoms with van der Waals surface area (Å²) < 4.78 is 0.909. The van der Waals surface area contributed by atoms with Crippen LogP contribution in [-0.2, 0) is 0 Å². The van der Waals surface area contributed by atoms with Gasteiger partial charge in [-0.1, -0.05) is 22.0 Å². The van der Waals surface area contributed by atoms with Crippen molar-refractivity contribution in [3.63, 3.8) is 0 Å². The third-order valence-corrected chi connectivity index (χ3v) is 3.07. The van der Waals surface area contributed by atoms with Gasteiger partial charge >= 0.3 is 0 Å². The first-order valence-corrected chi connectivity index (χ1v) is 6.10. The zero-order valence-corrected chi connectivity index (χ0v) is 11.3. The minimum atomic E-state index is 0.0139. The Hall–Kier alpha value is -1.48. The van der Waals surface area contributed by atoms with Crippen molar-refractivity contribution in [3.8, 4) is 0 Å². The summed E-state index contributed by atoms with van der Waals surface area (Å²) in [6, 6.07) is 7.57. The molecule has 1 heterocycles. The van der Waals surface area contributed by atoms with Gasteiger partial charge in [-0.25, -0.2) is 0 Å². The molecule has 86 valence electrons. The summed E-state index contributed by atoms with van der Waals surface area (Å²) in [5.74, 6) is 0.0139. The summed E-state index contributed by atoms with van der Waals surface area (Å²) in [5, 5.41) is 0. The van der Waals surface area contributed by atoms with Crippen LogP contribution in [0.2, 0.25) is 0 Å². The predicted octanol–water partition coefficient (Wildman–Crippen LogP) is 3.69. The van der Waals surface area contributed by atoms with Crippen LogP contribution in [0.5, 0.6) is 0 Å². The highest BCUT2D eigenvalue weighted by molar-refractivity contribution is 9.10. The summed E-state index contributed by atoms with van der Waals surface area (Å²) in [6.45, 7) is 3.86. The highest BCUT2D eigenvalue weighted by Crippen LogP contribution is 2.19. The number of halogens is 1. The van der Waals surface area contributed by atoms with E-state index in [0.717, 1.165) is 15.6 Å². The van der Waals surface area contributed by atoms with Crippen molar-refractivity contribution in [1.29, 1.82) is 0 Å². The minimum Gasteiger partial charge on any atom is -0.289 e. The number of benzene rings is 1. The monoisotopic (exact) mass is 289 g/mol. The third kappa shape index (κ3) is 2.61. The lowest BCUT2D eigenvalue weighted by Gasteiger charge is -2.06. The van der Waals surface area contributed by atoms with Crippen LogP contribution in [0.25, 0.3) is 0 Å². The fraction of sp³-hybridized carbons (Fsp3) is 0.143. The smallest absolute Gasteiger partial charge is 0.194 e. The van der Waals surface area contributed by atoms with E-state index in [1.807, 2.05) is 38.1 Å². The molecule has 0 aliphatic heterocycles. The molecule has 3 heteroatoms. The second-order valence-corrected chi connectivity index (χ2v) is 4.96. The van der Waals surface area contributed by atoms with Gasteiger partial charge in [-0.2, -0.15) is 0 Å². The van der Waals surface area contributed by atoms with Gasteiger partial charge in [-0.05, 0) is 43.2 Å². The predicted molar refractivity (Wildman–Crippen MR) is 71.3 cm³/mol. The van der Waals surface area contributed by atoms with Crippen LogP contribution < -0.4 is 0 Å². The van der Waals surface area contributed by atoms with Gasteiger partial charge in [0, 0.05) is 28.0 Å². The lowest BCUT2D eigenvalue weighted by molar-refractivity contribution is 0.103. The van der Waals surface area contributed by atoms with Crippen LogP contribution in [-0.4, -0.2) is 10.8 Å². The van der Waals surface area contributed by atoms with Crippen LogP contribution in [0.3, 0.4) is 0 Å². The van der Waals surface area contributed by atoms with E-state index in [0.29, 0.717) is 11.1 Å². The number of aryl methyl sites for hydroxylation is 2. The molecule has 1 aromatic carbocycles. The maximum absolute atomic E-state index is 12.3. The van der Waals surface area contributed by atoms with Gasteiger partial charge in [-0.3, -0.25) is 9.78 Å². The molecule has 0 bridgehead atoms. The molecule has 0 saturated carbocycles. The van der Waals surface area contributed by atoms with Crippen LogP contribution in [0.15, 0.2) is 41.1 Å². The number of rotatable bonds is 2. The molecule has 0 saturated heterocycles. The molecule has 0 fully saturated rings. The lowest BCUT2D eigenvalue weighted by Crippen LogP contribution is -2.04. The molecule has 2 rings (SSSR count). The van der Waals surface area contributed by atoms with Gasteiger partial charge in [0.05, 0.1) is 0 Å². The topological polar surface area (TPSA) is 30.0 Å². The Morgan fingerprint density at radius 2 is 1.94 bits per heavy atom. The normalized spacial score (nSPS) is 10.3. The van der Waals surface area contributed by atoms with Gasteiger partial charge < -0.3 is 0 Å². The van der Waals surface area contributed by atoms with Crippen LogP contribution in [0.4, 0.5) is 0 Å². The summed E-state index contributed by atoms with van der Waals surface area (Å²) in [4.78, 5) is 16.4. The van der Waals surface area contributed by atoms with Crippen molar-refractivity contribution in [1.82, 2.24) is 4.98 Å². The maximum Gasteiger partial charge on any atom is 0.194 e. The summed E-state index contributed by atoms with van der Waals surface area (Å²) in [7, 11) is 0. The number of carbonyl (C=O) groups is 1. The van der Waals surface area contributed by atoms with E-state index >= 15 is 0 Å². The number of hydrogen-bond acceptors (Lipinski definition) is 2. The van der Waals surface area contributed by atoms with E-state index in [4.69, 9.17) is 0 Å². The van der Waals surface area contributed by atoms with Gasteiger partial charge in [-0.15, -0.1) is 0 Å². The number of ketones is 1. The van der Waals surface area contributed by atoms with Crippen molar-refractivity contribution in [2.45, 2.75) is 13.8 Å². The molecular formula is C14H12BrNO. The molecule has 0 unspecified atom stereocenters. The second-order valence-electron chi connectivity index (χ2n) is 4.04. The molecule has 0 atom stereocenters. The Balaban J connectivity index is 2.47. The molecule has 0 N–H and O–H groups in total. The summed E-state index contributed by atoms with van der Waals surface area (Å²) in [6.07, 6.45) is 3.35. The van der Waals surface area contributed by atoms with E-state index < -0.39 is 0 Å². The minimum absolute atomic E-state index is 0.0139. The van der Waals surface area contributed by atoms with E-state index in [1.165, 1.54) is 0 Å². The molecule has 0 radical (unpaired) electrons. The average molecular weight is 290 g/mol. The zero-order chi connectivity index (χ0) is 12.4. The van der Waals surface area contributed by atoms with Crippen molar-refractivity contribution < 1.29 is 4.79 Å². The number of carbonyl (C=O) groups excluding carboxylic acids is 1. The van der Waals surface area contributed by atoms with E-state index in [2.05, 4.69) is 20.9 Å². The highest BCUT2D eigenvalue weighted by atomic mass is 79.9. The summed E-state index contributed by atoms with van der Waals surface area (Å²) >= 11 is 3.38. The van der Waals surface area contributed by atoms with Gasteiger partial charge in [0.1, 0.15) is 0 Å². The molecular weight excluding hydrogens is 278 g/mol. The number of aromatic nitrogens is 1. The van der Waals surface area contributed by atoms with Crippen LogP contribution in [0, 0.1) is 13.8 Å². The van der Waals surface area contributed by atoms with E-state index in [-0.39, 0.29) is 5.78 Å². The first-order chi connectivity index (χ1) is 8.08. The first kappa shape index (κ1) is 12.0. The average Bonchev–Trinajstić information content (AvgIpc) is 2.31. The Bertz CT molecular complexity index is 578. The van der Waals surface area contributed by atoms with E-state index in [9.17, 15) is 4.79 Å². The standard InChI is InChI=1S/C14H12BrNO/c1-9-5-11(8-16-7-9)14(17)13-6-12(15)4-3-10(13)2/h3-8H,1-2H3. The molecule has 0 amide bonds. The largest absolute Gasteiger partial charge is 0.289 e. The maximum atomic E-state index is 12.3. The van der Waals surface area contributed by atoms with Gasteiger partial charge in [0.2, 0.25) is 0 Å². The fourth-order valence-electron chi connectivity index (χ4n) is 1.67. The summed E-state index contributed by atoms with van der Waals surface area (Å²) in [5.41, 5.74) is 3.31.